The van der Waals surface area contributed by atoms with E-state index in [-0.39, 0.29) is 5.78 Å². The van der Waals surface area contributed by atoms with Crippen LogP contribution in [-0.4, -0.2) is 5.78 Å². The van der Waals surface area contributed by atoms with Crippen LogP contribution in [-0.2, 0) is 0 Å². The lowest BCUT2D eigenvalue weighted by Gasteiger charge is -1.98. The molecule has 68 valence electrons. The molecule has 1 rings (SSSR count). The average Bonchev–Trinajstić information content (AvgIpc) is 2.10. The molecule has 0 aromatic heterocycles. The number of ketones is 1. The van der Waals surface area contributed by atoms with Crippen LogP contribution in [0.15, 0.2) is 30.4 Å². The third-order valence-corrected chi connectivity index (χ3v) is 2.26. The van der Waals surface area contributed by atoms with E-state index in [1.54, 1.807) is 31.2 Å². The molecular formula is C10H8Cl2O. The van der Waals surface area contributed by atoms with Gasteiger partial charge in [0.1, 0.15) is 0 Å². The van der Waals surface area contributed by atoms with E-state index in [0.717, 1.165) is 0 Å². The summed E-state index contributed by atoms with van der Waals surface area (Å²) < 4.78 is 0. The fourth-order valence-corrected chi connectivity index (χ4v) is 1.20. The number of carbonyl (C=O) groups is 1. The molecule has 0 aliphatic rings. The van der Waals surface area contributed by atoms with Gasteiger partial charge in [-0.3, -0.25) is 4.79 Å². The Morgan fingerprint density at radius 3 is 2.54 bits per heavy atom. The van der Waals surface area contributed by atoms with Crippen molar-refractivity contribution in [2.45, 2.75) is 6.92 Å². The van der Waals surface area contributed by atoms with Crippen LogP contribution in [0.5, 0.6) is 0 Å². The molecule has 1 aromatic rings. The fourth-order valence-electron chi connectivity index (χ4n) is 0.897. The van der Waals surface area contributed by atoms with E-state index in [2.05, 4.69) is 0 Å². The van der Waals surface area contributed by atoms with E-state index in [1.807, 2.05) is 0 Å². The summed E-state index contributed by atoms with van der Waals surface area (Å²) in [6, 6.07) is 4.82. The van der Waals surface area contributed by atoms with Crippen molar-refractivity contribution in [3.63, 3.8) is 0 Å². The standard InChI is InChI=1S/C10H8Cl2O/c1-2-3-10(13)7-4-5-8(11)9(12)6-7/h2-6H,1H3. The number of hydrogen-bond donors (Lipinski definition) is 0. The van der Waals surface area contributed by atoms with E-state index in [1.165, 1.54) is 6.08 Å². The van der Waals surface area contributed by atoms with Gasteiger partial charge in [-0.2, -0.15) is 0 Å². The van der Waals surface area contributed by atoms with Crippen molar-refractivity contribution in [2.75, 3.05) is 0 Å². The zero-order valence-electron chi connectivity index (χ0n) is 7.05. The van der Waals surface area contributed by atoms with E-state index in [4.69, 9.17) is 23.2 Å². The van der Waals surface area contributed by atoms with Gasteiger partial charge in [0.05, 0.1) is 10.0 Å². The topological polar surface area (TPSA) is 17.1 Å². The zero-order chi connectivity index (χ0) is 9.84. The second kappa shape index (κ2) is 4.45. The first-order valence-electron chi connectivity index (χ1n) is 3.77. The Morgan fingerprint density at radius 1 is 1.31 bits per heavy atom. The molecule has 0 radical (unpaired) electrons. The highest BCUT2D eigenvalue weighted by Gasteiger charge is 2.03. The van der Waals surface area contributed by atoms with E-state index < -0.39 is 0 Å². The summed E-state index contributed by atoms with van der Waals surface area (Å²) in [7, 11) is 0. The molecule has 0 aliphatic carbocycles. The summed E-state index contributed by atoms with van der Waals surface area (Å²) in [5.74, 6) is -0.0685. The van der Waals surface area contributed by atoms with Gasteiger partial charge in [0.25, 0.3) is 0 Å². The minimum Gasteiger partial charge on any atom is -0.289 e. The van der Waals surface area contributed by atoms with Crippen molar-refractivity contribution >= 4 is 29.0 Å². The number of hydrogen-bond acceptors (Lipinski definition) is 1. The van der Waals surface area contributed by atoms with Crippen molar-refractivity contribution in [1.82, 2.24) is 0 Å². The lowest BCUT2D eigenvalue weighted by Crippen LogP contribution is -1.93. The summed E-state index contributed by atoms with van der Waals surface area (Å²) >= 11 is 11.5. The van der Waals surface area contributed by atoms with Gasteiger partial charge in [-0.25, -0.2) is 0 Å². The number of halogens is 2. The van der Waals surface area contributed by atoms with Crippen molar-refractivity contribution in [1.29, 1.82) is 0 Å². The lowest BCUT2D eigenvalue weighted by atomic mass is 10.1. The van der Waals surface area contributed by atoms with Gasteiger partial charge in [-0.05, 0) is 31.2 Å². The number of allylic oxidation sites excluding steroid dienone is 2. The Balaban J connectivity index is 3.04. The second-order valence-electron chi connectivity index (χ2n) is 2.49. The Bertz CT molecular complexity index is 356. The van der Waals surface area contributed by atoms with E-state index in [0.29, 0.717) is 15.6 Å². The molecule has 0 N–H and O–H groups in total. The molecular weight excluding hydrogens is 207 g/mol. The van der Waals surface area contributed by atoms with Gasteiger partial charge < -0.3 is 0 Å². The highest BCUT2D eigenvalue weighted by molar-refractivity contribution is 6.42. The SMILES string of the molecule is CC=CC(=O)c1ccc(Cl)c(Cl)c1. The Kier molecular flexibility index (Phi) is 3.52. The van der Waals surface area contributed by atoms with Gasteiger partial charge in [0.15, 0.2) is 5.78 Å². The smallest absolute Gasteiger partial charge is 0.185 e. The molecule has 0 atom stereocenters. The van der Waals surface area contributed by atoms with Gasteiger partial charge >= 0.3 is 0 Å². The quantitative estimate of drug-likeness (QED) is 0.542. The van der Waals surface area contributed by atoms with Crippen molar-refractivity contribution < 1.29 is 4.79 Å². The van der Waals surface area contributed by atoms with Gasteiger partial charge in [-0.15, -0.1) is 0 Å². The molecule has 0 saturated carbocycles. The molecule has 0 unspecified atom stereocenters. The lowest BCUT2D eigenvalue weighted by molar-refractivity contribution is 0.104. The van der Waals surface area contributed by atoms with Crippen LogP contribution in [0.4, 0.5) is 0 Å². The third-order valence-electron chi connectivity index (χ3n) is 1.52. The van der Waals surface area contributed by atoms with Crippen LogP contribution in [0.1, 0.15) is 17.3 Å². The van der Waals surface area contributed by atoms with Crippen LogP contribution in [0.25, 0.3) is 0 Å². The first kappa shape index (κ1) is 10.3. The highest BCUT2D eigenvalue weighted by Crippen LogP contribution is 2.22. The summed E-state index contributed by atoms with van der Waals surface area (Å²) in [5, 5.41) is 0.857. The molecule has 0 saturated heterocycles. The molecule has 0 heterocycles. The minimum atomic E-state index is -0.0685. The van der Waals surface area contributed by atoms with E-state index >= 15 is 0 Å². The van der Waals surface area contributed by atoms with Crippen LogP contribution >= 0.6 is 23.2 Å². The van der Waals surface area contributed by atoms with Crippen molar-refractivity contribution in [3.05, 3.63) is 46.0 Å². The summed E-state index contributed by atoms with van der Waals surface area (Å²) in [6.07, 6.45) is 3.17. The zero-order valence-corrected chi connectivity index (χ0v) is 8.56. The molecule has 0 spiro atoms. The highest BCUT2D eigenvalue weighted by atomic mass is 35.5. The number of carbonyl (C=O) groups excluding carboxylic acids is 1. The first-order valence-corrected chi connectivity index (χ1v) is 4.53. The molecule has 0 fully saturated rings. The second-order valence-corrected chi connectivity index (χ2v) is 3.31. The Labute approximate surface area is 87.0 Å². The summed E-state index contributed by atoms with van der Waals surface area (Å²) in [6.45, 7) is 1.79. The van der Waals surface area contributed by atoms with Crippen molar-refractivity contribution in [3.8, 4) is 0 Å². The van der Waals surface area contributed by atoms with Gasteiger partial charge in [0, 0.05) is 5.56 Å². The van der Waals surface area contributed by atoms with Crippen LogP contribution in [0.3, 0.4) is 0 Å². The van der Waals surface area contributed by atoms with Crippen LogP contribution < -0.4 is 0 Å². The predicted octanol–water partition coefficient (Wildman–Crippen LogP) is 3.75. The maximum absolute atomic E-state index is 11.3. The number of rotatable bonds is 2. The molecule has 1 aromatic carbocycles. The molecule has 1 nitrogen and oxygen atoms in total. The molecule has 0 amide bonds. The van der Waals surface area contributed by atoms with E-state index in [9.17, 15) is 4.79 Å². The van der Waals surface area contributed by atoms with Crippen LogP contribution in [0.2, 0.25) is 10.0 Å². The fraction of sp³-hybridized carbons (Fsp3) is 0.100. The van der Waals surface area contributed by atoms with Crippen LogP contribution in [0, 0.1) is 0 Å². The summed E-state index contributed by atoms with van der Waals surface area (Å²) in [4.78, 5) is 11.3. The molecule has 0 bridgehead atoms. The maximum Gasteiger partial charge on any atom is 0.185 e. The Morgan fingerprint density at radius 2 is 2.00 bits per heavy atom. The van der Waals surface area contributed by atoms with Gasteiger partial charge in [-0.1, -0.05) is 29.3 Å². The molecule has 3 heteroatoms. The first-order chi connectivity index (χ1) is 6.15. The molecule has 13 heavy (non-hydrogen) atoms. The third kappa shape index (κ3) is 2.58. The number of benzene rings is 1. The average molecular weight is 215 g/mol. The monoisotopic (exact) mass is 214 g/mol. The largest absolute Gasteiger partial charge is 0.289 e. The van der Waals surface area contributed by atoms with Gasteiger partial charge in [0.2, 0.25) is 0 Å². The Hall–Kier alpha value is -0.790. The summed E-state index contributed by atoms with van der Waals surface area (Å²) in [5.41, 5.74) is 0.549. The van der Waals surface area contributed by atoms with Crippen molar-refractivity contribution in [2.24, 2.45) is 0 Å². The maximum atomic E-state index is 11.3. The predicted molar refractivity (Wildman–Crippen MR) is 55.6 cm³/mol. The molecule has 0 aliphatic heterocycles. The minimum absolute atomic E-state index is 0.0685. The normalized spacial score (nSPS) is 10.7.